The monoisotopic (exact) mass is 456 g/mol. The van der Waals surface area contributed by atoms with Gasteiger partial charge >= 0.3 is 0 Å². The van der Waals surface area contributed by atoms with Gasteiger partial charge in [0.15, 0.2) is 0 Å². The van der Waals surface area contributed by atoms with Crippen LogP contribution in [0.5, 0.6) is 5.88 Å². The third-order valence-electron chi connectivity index (χ3n) is 6.11. The van der Waals surface area contributed by atoms with Crippen LogP contribution in [0.3, 0.4) is 0 Å². The molecule has 1 saturated heterocycles. The van der Waals surface area contributed by atoms with Crippen molar-refractivity contribution in [2.75, 3.05) is 0 Å². The van der Waals surface area contributed by atoms with Crippen molar-refractivity contribution in [1.29, 1.82) is 0 Å². The zero-order valence-electron chi connectivity index (χ0n) is 18.1. The topological polar surface area (TPSA) is 80.0 Å². The van der Waals surface area contributed by atoms with Crippen LogP contribution in [-0.4, -0.2) is 31.4 Å². The van der Waals surface area contributed by atoms with Crippen molar-refractivity contribution in [1.82, 2.24) is 20.3 Å². The van der Waals surface area contributed by atoms with Gasteiger partial charge in [-0.1, -0.05) is 96.2 Å². The van der Waals surface area contributed by atoms with Crippen molar-refractivity contribution in [3.63, 3.8) is 0 Å². The van der Waals surface area contributed by atoms with E-state index in [-0.39, 0.29) is 23.1 Å². The van der Waals surface area contributed by atoms with Gasteiger partial charge in [0, 0.05) is 13.5 Å². The quantitative estimate of drug-likeness (QED) is 0.326. The number of carbonyl (C=O) groups is 1. The molecular weight excluding hydrogens is 432 g/mol. The molecule has 1 aliphatic heterocycles. The average Bonchev–Trinajstić information content (AvgIpc) is 3.19. The van der Waals surface area contributed by atoms with E-state index in [4.69, 9.17) is 0 Å². The van der Waals surface area contributed by atoms with Crippen molar-refractivity contribution >= 4 is 17.7 Å². The van der Waals surface area contributed by atoms with Gasteiger partial charge in [0.05, 0.1) is 16.0 Å². The fraction of sp³-hybridized carbons (Fsp3) is 0.192. The molecule has 7 heteroatoms. The number of carbonyl (C=O) groups excluding carboxylic acids is 1. The molecule has 1 aliphatic rings. The summed E-state index contributed by atoms with van der Waals surface area (Å²) in [6.45, 7) is 0. The summed E-state index contributed by atoms with van der Waals surface area (Å²) in [4.78, 5) is 12.6. The first kappa shape index (κ1) is 21.3. The molecule has 1 aromatic heterocycles. The van der Waals surface area contributed by atoms with Gasteiger partial charge in [-0.15, -0.1) is 16.9 Å². The number of benzene rings is 3. The van der Waals surface area contributed by atoms with Crippen LogP contribution in [0.1, 0.15) is 22.4 Å². The lowest BCUT2D eigenvalue weighted by Crippen LogP contribution is -2.58. The lowest BCUT2D eigenvalue weighted by molar-refractivity contribution is -0.132. The van der Waals surface area contributed by atoms with Gasteiger partial charge in [0.1, 0.15) is 5.69 Å². The highest BCUT2D eigenvalue weighted by Crippen LogP contribution is 2.52. The van der Waals surface area contributed by atoms with Crippen LogP contribution in [0.4, 0.5) is 0 Å². The molecule has 0 saturated carbocycles. The van der Waals surface area contributed by atoms with Crippen LogP contribution in [0.25, 0.3) is 0 Å². The van der Waals surface area contributed by atoms with Gasteiger partial charge in [-0.3, -0.25) is 4.79 Å². The predicted molar refractivity (Wildman–Crippen MR) is 129 cm³/mol. The first-order valence-electron chi connectivity index (χ1n) is 10.8. The Morgan fingerprint density at radius 3 is 1.79 bits per heavy atom. The van der Waals surface area contributed by atoms with E-state index in [0.717, 1.165) is 16.7 Å². The molecule has 0 spiro atoms. The van der Waals surface area contributed by atoms with Crippen LogP contribution in [0.2, 0.25) is 0 Å². The van der Waals surface area contributed by atoms with Gasteiger partial charge in [-0.25, -0.2) is 4.68 Å². The number of thioether (sulfide) groups is 1. The summed E-state index contributed by atoms with van der Waals surface area (Å²) in [5.41, 5.74) is 3.84. The van der Waals surface area contributed by atoms with E-state index in [9.17, 15) is 9.90 Å². The summed E-state index contributed by atoms with van der Waals surface area (Å²) in [5.74, 6) is -0.368. The highest BCUT2D eigenvalue weighted by Gasteiger charge is 2.48. The van der Waals surface area contributed by atoms with Crippen LogP contribution < -0.4 is 5.32 Å². The van der Waals surface area contributed by atoms with Crippen LogP contribution in [-0.2, 0) is 23.0 Å². The van der Waals surface area contributed by atoms with Crippen LogP contribution in [0, 0.1) is 5.92 Å². The molecule has 5 rings (SSSR count). The molecule has 2 N–H and O–H groups in total. The van der Waals surface area contributed by atoms with Crippen LogP contribution in [0.15, 0.2) is 91.0 Å². The number of hydrogen-bond acceptors (Lipinski definition) is 5. The third kappa shape index (κ3) is 3.78. The number of nitrogens with zero attached hydrogens (tertiary/aromatic N) is 3. The Morgan fingerprint density at radius 2 is 1.39 bits per heavy atom. The summed E-state index contributed by atoms with van der Waals surface area (Å²) in [6, 6.07) is 31.1. The Hall–Kier alpha value is -3.58. The van der Waals surface area contributed by atoms with Gasteiger partial charge in [0.25, 0.3) is 0 Å². The second kappa shape index (κ2) is 8.75. The maximum atomic E-state index is 12.6. The van der Waals surface area contributed by atoms with Gasteiger partial charge in [-0.2, -0.15) is 0 Å². The van der Waals surface area contributed by atoms with E-state index < -0.39 is 4.75 Å². The summed E-state index contributed by atoms with van der Waals surface area (Å²) >= 11 is 1.71. The fourth-order valence-electron chi connectivity index (χ4n) is 4.35. The van der Waals surface area contributed by atoms with Crippen molar-refractivity contribution in [3.8, 4) is 5.88 Å². The molecule has 33 heavy (non-hydrogen) atoms. The summed E-state index contributed by atoms with van der Waals surface area (Å²) in [5, 5.41) is 21.1. The van der Waals surface area contributed by atoms with E-state index in [1.807, 2.05) is 54.6 Å². The van der Waals surface area contributed by atoms with E-state index in [0.29, 0.717) is 12.1 Å². The SMILES string of the molecule is Cn1nnc(CC2C(=O)NC2SC(c2ccccc2)(c2ccccc2)c2ccccc2)c1O. The lowest BCUT2D eigenvalue weighted by Gasteiger charge is -2.44. The maximum Gasteiger partial charge on any atom is 0.233 e. The molecule has 0 aliphatic carbocycles. The minimum Gasteiger partial charge on any atom is -0.492 e. The Morgan fingerprint density at radius 1 is 0.909 bits per heavy atom. The number of aryl methyl sites for hydroxylation is 1. The van der Waals surface area contributed by atoms with E-state index in [2.05, 4.69) is 52.0 Å². The number of hydrogen-bond donors (Lipinski definition) is 2. The standard InChI is InChI=1S/C26H24N4O2S/c1-30-25(32)22(28-29-30)17-21-23(31)27-24(21)33-26(18-11-5-2-6-12-18,19-13-7-3-8-14-19)20-15-9-4-10-16-20/h2-16,21,24,32H,17H2,1H3,(H,27,31). The lowest BCUT2D eigenvalue weighted by atomic mass is 9.84. The highest BCUT2D eigenvalue weighted by molar-refractivity contribution is 8.01. The van der Waals surface area contributed by atoms with E-state index in [1.54, 1.807) is 18.8 Å². The van der Waals surface area contributed by atoms with Crippen molar-refractivity contribution in [2.45, 2.75) is 16.5 Å². The number of β-lactam (4-membered cyclic amide) rings is 1. The second-order valence-corrected chi connectivity index (χ2v) is 9.48. The first-order valence-corrected chi connectivity index (χ1v) is 11.7. The zero-order valence-corrected chi connectivity index (χ0v) is 18.9. The Labute approximate surface area is 196 Å². The molecule has 2 unspecified atom stereocenters. The second-order valence-electron chi connectivity index (χ2n) is 8.12. The first-order chi connectivity index (χ1) is 16.1. The molecule has 0 bridgehead atoms. The molecule has 2 atom stereocenters. The van der Waals surface area contributed by atoms with Crippen molar-refractivity contribution < 1.29 is 9.90 Å². The van der Waals surface area contributed by atoms with Crippen LogP contribution >= 0.6 is 11.8 Å². The molecule has 1 fully saturated rings. The van der Waals surface area contributed by atoms with Gasteiger partial charge in [-0.05, 0) is 16.7 Å². The minimum absolute atomic E-state index is 0.00103. The highest BCUT2D eigenvalue weighted by atomic mass is 32.2. The number of aromatic hydroxyl groups is 1. The molecular formula is C26H24N4O2S. The molecule has 2 heterocycles. The maximum absolute atomic E-state index is 12.6. The molecule has 166 valence electrons. The largest absolute Gasteiger partial charge is 0.492 e. The molecule has 3 aromatic carbocycles. The minimum atomic E-state index is -0.537. The van der Waals surface area contributed by atoms with Gasteiger partial charge < -0.3 is 10.4 Å². The molecule has 0 radical (unpaired) electrons. The molecule has 1 amide bonds. The van der Waals surface area contributed by atoms with Crippen molar-refractivity contribution in [2.24, 2.45) is 13.0 Å². The fourth-order valence-corrected chi connectivity index (χ4v) is 6.11. The summed E-state index contributed by atoms with van der Waals surface area (Å²) in [6.07, 6.45) is 0.331. The van der Waals surface area contributed by atoms with Gasteiger partial charge in [0.2, 0.25) is 11.8 Å². The number of amides is 1. The zero-order chi connectivity index (χ0) is 22.8. The Bertz CT molecular complexity index is 1150. The molecule has 4 aromatic rings. The smallest absolute Gasteiger partial charge is 0.233 e. The number of aromatic nitrogens is 3. The third-order valence-corrected chi connectivity index (χ3v) is 7.87. The number of rotatable bonds is 7. The van der Waals surface area contributed by atoms with E-state index >= 15 is 0 Å². The average molecular weight is 457 g/mol. The Balaban J connectivity index is 1.59. The number of nitrogens with one attached hydrogen (secondary N) is 1. The summed E-state index contributed by atoms with van der Waals surface area (Å²) < 4.78 is 0.779. The Kier molecular flexibility index (Phi) is 5.64. The van der Waals surface area contributed by atoms with Crippen molar-refractivity contribution in [3.05, 3.63) is 113 Å². The summed E-state index contributed by atoms with van der Waals surface area (Å²) in [7, 11) is 1.63. The molecule has 6 nitrogen and oxygen atoms in total. The normalized spacial score (nSPS) is 17.9. The van der Waals surface area contributed by atoms with E-state index in [1.165, 1.54) is 4.68 Å². The predicted octanol–water partition coefficient (Wildman–Crippen LogP) is 3.86.